The fourth-order valence-corrected chi connectivity index (χ4v) is 4.18. The van der Waals surface area contributed by atoms with E-state index in [4.69, 9.17) is 0 Å². The van der Waals surface area contributed by atoms with Gasteiger partial charge in [-0.3, -0.25) is 14.8 Å². The second kappa shape index (κ2) is 7.52. The molecule has 1 amide bonds. The van der Waals surface area contributed by atoms with Crippen LogP contribution in [0.2, 0.25) is 0 Å². The summed E-state index contributed by atoms with van der Waals surface area (Å²) in [6.07, 6.45) is 0. The number of rotatable bonds is 5. The minimum Gasteiger partial charge on any atom is -0.296 e. The summed E-state index contributed by atoms with van der Waals surface area (Å²) in [6, 6.07) is 13.6. The zero-order chi connectivity index (χ0) is 18.7. The molecule has 0 fully saturated rings. The molecule has 2 N–H and O–H groups in total. The van der Waals surface area contributed by atoms with Crippen molar-refractivity contribution < 1.29 is 13.2 Å². The van der Waals surface area contributed by atoms with Gasteiger partial charge in [-0.05, 0) is 43.3 Å². The first-order valence-corrected chi connectivity index (χ1v) is 10.4. The van der Waals surface area contributed by atoms with Crippen molar-refractivity contribution in [3.8, 4) is 0 Å². The smallest absolute Gasteiger partial charge is 0.291 e. The summed E-state index contributed by atoms with van der Waals surface area (Å²) in [5, 5.41) is 10.0. The van der Waals surface area contributed by atoms with Crippen LogP contribution in [-0.2, 0) is 10.0 Å². The van der Waals surface area contributed by atoms with Crippen LogP contribution >= 0.6 is 27.3 Å². The predicted octanol–water partition coefficient (Wildman–Crippen LogP) is 3.66. The Bertz CT molecular complexity index is 1030. The van der Waals surface area contributed by atoms with Gasteiger partial charge in [0.15, 0.2) is 0 Å². The fourth-order valence-electron chi connectivity index (χ4n) is 1.96. The van der Waals surface area contributed by atoms with Gasteiger partial charge in [-0.25, -0.2) is 0 Å². The number of sulfonamides is 1. The third-order valence-electron chi connectivity index (χ3n) is 3.27. The molecule has 7 nitrogen and oxygen atoms in total. The zero-order valence-electron chi connectivity index (χ0n) is 13.4. The zero-order valence-corrected chi connectivity index (χ0v) is 16.7. The van der Waals surface area contributed by atoms with Crippen molar-refractivity contribution in [3.05, 3.63) is 64.1 Å². The number of anilines is 2. The average molecular weight is 453 g/mol. The highest BCUT2D eigenvalue weighted by atomic mass is 79.9. The maximum absolute atomic E-state index is 12.4. The quantitative estimate of drug-likeness (QED) is 0.575. The Morgan fingerprint density at radius 3 is 2.35 bits per heavy atom. The maximum Gasteiger partial charge on any atom is 0.291 e. The van der Waals surface area contributed by atoms with Crippen LogP contribution < -0.4 is 10.0 Å². The third kappa shape index (κ3) is 4.45. The minimum atomic E-state index is -3.88. The van der Waals surface area contributed by atoms with Crippen LogP contribution in [0.3, 0.4) is 0 Å². The SMILES string of the molecule is Cc1ccc(C(=O)Nc2nnc(S(=O)(=O)Nc3ccc(Br)cc3)s2)cc1. The van der Waals surface area contributed by atoms with Crippen molar-refractivity contribution in [3.63, 3.8) is 0 Å². The van der Waals surface area contributed by atoms with Gasteiger partial charge in [0, 0.05) is 15.7 Å². The van der Waals surface area contributed by atoms with Gasteiger partial charge in [-0.2, -0.15) is 8.42 Å². The number of aromatic nitrogens is 2. The van der Waals surface area contributed by atoms with Gasteiger partial charge in [-0.1, -0.05) is 45.0 Å². The number of nitrogens with zero attached hydrogens (tertiary/aromatic N) is 2. The monoisotopic (exact) mass is 452 g/mol. The molecule has 0 atom stereocenters. The molecule has 26 heavy (non-hydrogen) atoms. The molecule has 3 rings (SSSR count). The normalized spacial score (nSPS) is 11.2. The Kier molecular flexibility index (Phi) is 5.35. The highest BCUT2D eigenvalue weighted by Crippen LogP contribution is 2.23. The lowest BCUT2D eigenvalue weighted by molar-refractivity contribution is 0.102. The van der Waals surface area contributed by atoms with Crippen molar-refractivity contribution in [2.75, 3.05) is 10.0 Å². The molecule has 0 unspecified atom stereocenters. The number of benzene rings is 2. The molecule has 1 heterocycles. The number of aryl methyl sites for hydroxylation is 1. The van der Waals surface area contributed by atoms with E-state index in [0.29, 0.717) is 11.3 Å². The number of carbonyl (C=O) groups is 1. The van der Waals surface area contributed by atoms with E-state index in [9.17, 15) is 13.2 Å². The summed E-state index contributed by atoms with van der Waals surface area (Å²) in [6.45, 7) is 1.92. The topological polar surface area (TPSA) is 101 Å². The van der Waals surface area contributed by atoms with Gasteiger partial charge in [0.2, 0.25) is 5.13 Å². The molecule has 0 bridgehead atoms. The molecule has 2 aromatic carbocycles. The van der Waals surface area contributed by atoms with Crippen LogP contribution in [0.25, 0.3) is 0 Å². The molecule has 0 saturated carbocycles. The highest BCUT2D eigenvalue weighted by molar-refractivity contribution is 9.10. The molecular formula is C16H13BrN4O3S2. The van der Waals surface area contributed by atoms with Crippen molar-refractivity contribution in [2.24, 2.45) is 0 Å². The molecule has 10 heteroatoms. The fraction of sp³-hybridized carbons (Fsp3) is 0.0625. The Morgan fingerprint density at radius 1 is 1.04 bits per heavy atom. The lowest BCUT2D eigenvalue weighted by Gasteiger charge is -2.04. The molecule has 0 radical (unpaired) electrons. The van der Waals surface area contributed by atoms with Crippen molar-refractivity contribution in [1.82, 2.24) is 10.2 Å². The standard InChI is InChI=1S/C16H13BrN4O3S2/c1-10-2-4-11(5-3-10)14(22)18-15-19-20-16(25-15)26(23,24)21-13-8-6-12(17)7-9-13/h2-9,21H,1H3,(H,18,19,22). The summed E-state index contributed by atoms with van der Waals surface area (Å²) in [5.74, 6) is -0.383. The van der Waals surface area contributed by atoms with Crippen LogP contribution in [0, 0.1) is 6.92 Å². The summed E-state index contributed by atoms with van der Waals surface area (Å²) in [7, 11) is -3.88. The Labute approximate surface area is 162 Å². The summed E-state index contributed by atoms with van der Waals surface area (Å²) in [5.41, 5.74) is 1.88. The number of halogens is 1. The Balaban J connectivity index is 1.73. The van der Waals surface area contributed by atoms with E-state index in [-0.39, 0.29) is 15.4 Å². The second-order valence-electron chi connectivity index (χ2n) is 5.31. The van der Waals surface area contributed by atoms with E-state index in [1.807, 2.05) is 19.1 Å². The molecule has 1 aromatic heterocycles. The van der Waals surface area contributed by atoms with E-state index >= 15 is 0 Å². The van der Waals surface area contributed by atoms with Crippen molar-refractivity contribution >= 4 is 54.0 Å². The third-order valence-corrected chi connectivity index (χ3v) is 6.38. The lowest BCUT2D eigenvalue weighted by atomic mass is 10.1. The van der Waals surface area contributed by atoms with E-state index in [0.717, 1.165) is 21.4 Å². The van der Waals surface area contributed by atoms with Gasteiger partial charge in [0.25, 0.3) is 20.3 Å². The van der Waals surface area contributed by atoms with E-state index < -0.39 is 10.0 Å². The summed E-state index contributed by atoms with van der Waals surface area (Å²) < 4.78 is 27.7. The molecule has 134 valence electrons. The van der Waals surface area contributed by atoms with Gasteiger partial charge in [0.1, 0.15) is 0 Å². The summed E-state index contributed by atoms with van der Waals surface area (Å²) >= 11 is 4.06. The van der Waals surface area contributed by atoms with E-state index in [1.165, 1.54) is 0 Å². The average Bonchev–Trinajstić information content (AvgIpc) is 3.07. The van der Waals surface area contributed by atoms with Gasteiger partial charge >= 0.3 is 0 Å². The van der Waals surface area contributed by atoms with Gasteiger partial charge in [0.05, 0.1) is 0 Å². The van der Waals surface area contributed by atoms with Crippen LogP contribution in [0.5, 0.6) is 0 Å². The van der Waals surface area contributed by atoms with Crippen LogP contribution in [-0.4, -0.2) is 24.5 Å². The molecule has 0 aliphatic carbocycles. The van der Waals surface area contributed by atoms with Gasteiger partial charge in [-0.15, -0.1) is 10.2 Å². The largest absolute Gasteiger partial charge is 0.296 e. The van der Waals surface area contributed by atoms with E-state index in [2.05, 4.69) is 36.2 Å². The first-order chi connectivity index (χ1) is 12.3. The van der Waals surface area contributed by atoms with Crippen LogP contribution in [0.15, 0.2) is 57.3 Å². The first-order valence-electron chi connectivity index (χ1n) is 7.33. The Hall–Kier alpha value is -2.30. The van der Waals surface area contributed by atoms with Gasteiger partial charge < -0.3 is 0 Å². The molecule has 0 spiro atoms. The minimum absolute atomic E-state index is 0.103. The second-order valence-corrected chi connectivity index (χ2v) is 9.05. The van der Waals surface area contributed by atoms with Crippen molar-refractivity contribution in [1.29, 1.82) is 0 Å². The maximum atomic E-state index is 12.4. The molecule has 3 aromatic rings. The predicted molar refractivity (Wildman–Crippen MR) is 104 cm³/mol. The number of amides is 1. The number of hydrogen-bond donors (Lipinski definition) is 2. The Morgan fingerprint density at radius 2 is 1.69 bits per heavy atom. The first kappa shape index (κ1) is 18.5. The van der Waals surface area contributed by atoms with Crippen LogP contribution in [0.1, 0.15) is 15.9 Å². The molecule has 0 aliphatic heterocycles. The number of carbonyl (C=O) groups excluding carboxylic acids is 1. The number of nitrogens with one attached hydrogen (secondary N) is 2. The molecule has 0 saturated heterocycles. The van der Waals surface area contributed by atoms with Crippen molar-refractivity contribution in [2.45, 2.75) is 11.3 Å². The summed E-state index contributed by atoms with van der Waals surface area (Å²) in [4.78, 5) is 12.2. The van der Waals surface area contributed by atoms with E-state index in [1.54, 1.807) is 36.4 Å². The number of hydrogen-bond acceptors (Lipinski definition) is 6. The van der Waals surface area contributed by atoms with Crippen LogP contribution in [0.4, 0.5) is 10.8 Å². The molecule has 0 aliphatic rings. The molecular weight excluding hydrogens is 440 g/mol. The highest BCUT2D eigenvalue weighted by Gasteiger charge is 2.21. The lowest BCUT2D eigenvalue weighted by Crippen LogP contribution is -2.12.